The number of aromatic nitrogens is 1. The molecule has 4 atom stereocenters. The van der Waals surface area contributed by atoms with Crippen LogP contribution in [0.1, 0.15) is 36.0 Å². The molecule has 1 aromatic heterocycles. The summed E-state index contributed by atoms with van der Waals surface area (Å²) in [7, 11) is 1.76. The largest absolute Gasteiger partial charge is 0.633 e. The van der Waals surface area contributed by atoms with Crippen LogP contribution in [0.3, 0.4) is 0 Å². The van der Waals surface area contributed by atoms with Gasteiger partial charge in [0.05, 0.1) is 24.7 Å². The van der Waals surface area contributed by atoms with Crippen molar-refractivity contribution in [3.05, 3.63) is 41.2 Å². The summed E-state index contributed by atoms with van der Waals surface area (Å²) in [6.45, 7) is 0. The number of hydrogen-bond acceptors (Lipinski definition) is 3. The summed E-state index contributed by atoms with van der Waals surface area (Å²) in [5.74, 6) is -0.288. The number of piperidine rings is 1. The molecule has 3 heterocycles. The second kappa shape index (κ2) is 4.83. The summed E-state index contributed by atoms with van der Waals surface area (Å²) >= 11 is 0. The van der Waals surface area contributed by atoms with Crippen molar-refractivity contribution < 1.29 is 14.2 Å². The van der Waals surface area contributed by atoms with E-state index in [-0.39, 0.29) is 28.8 Å². The molecule has 2 unspecified atom stereocenters. The topological polar surface area (TPSA) is 65.2 Å². The van der Waals surface area contributed by atoms with Gasteiger partial charge in [0.2, 0.25) is 0 Å². The number of carbonyl (C=O) groups is 1. The number of ether oxygens (including phenoxy) is 1. The number of fused-ring (bicyclic) bond motifs is 3. The fourth-order valence-electron chi connectivity index (χ4n) is 4.10. The zero-order chi connectivity index (χ0) is 15.3. The van der Waals surface area contributed by atoms with E-state index < -0.39 is 0 Å². The molecule has 5 nitrogen and oxygen atoms in total. The quantitative estimate of drug-likeness (QED) is 0.527. The Balaban J connectivity index is 1.51. The first-order valence-corrected chi connectivity index (χ1v) is 7.89. The van der Waals surface area contributed by atoms with Crippen LogP contribution in [0.25, 0.3) is 10.9 Å². The highest BCUT2D eigenvalue weighted by molar-refractivity contribution is 6.04. The Morgan fingerprint density at radius 2 is 1.95 bits per heavy atom. The van der Waals surface area contributed by atoms with Crippen LogP contribution in [0.4, 0.5) is 0 Å². The number of nitrogens with one attached hydrogen (secondary N) is 1. The first kappa shape index (κ1) is 13.8. The zero-order valence-electron chi connectivity index (χ0n) is 12.6. The van der Waals surface area contributed by atoms with Crippen LogP contribution in [0, 0.1) is 5.21 Å². The highest BCUT2D eigenvalue weighted by Gasteiger charge is 2.47. The third-order valence-electron chi connectivity index (χ3n) is 5.44. The van der Waals surface area contributed by atoms with Gasteiger partial charge in [-0.2, -0.15) is 0 Å². The standard InChI is InChI=1S/C17H20N2O3/c1-19(21)11-6-7-12(19)9-13(8-11)22-17(20)15-10-18-16-5-3-2-4-14(15)16/h2-5,10-13,18H,6-9H2,1H3/t11-,12+,13?,19?. The van der Waals surface area contributed by atoms with Crippen LogP contribution in [0.2, 0.25) is 0 Å². The lowest BCUT2D eigenvalue weighted by Gasteiger charge is -2.50. The number of quaternary nitrogens is 1. The van der Waals surface area contributed by atoms with E-state index in [0.29, 0.717) is 18.4 Å². The Labute approximate surface area is 129 Å². The van der Waals surface area contributed by atoms with Crippen molar-refractivity contribution in [2.24, 2.45) is 0 Å². The molecule has 22 heavy (non-hydrogen) atoms. The second-order valence-corrected chi connectivity index (χ2v) is 6.69. The number of aromatic amines is 1. The summed E-state index contributed by atoms with van der Waals surface area (Å²) in [6, 6.07) is 7.86. The van der Waals surface area contributed by atoms with Crippen molar-refractivity contribution in [1.29, 1.82) is 0 Å². The first-order valence-electron chi connectivity index (χ1n) is 7.89. The van der Waals surface area contributed by atoms with E-state index in [1.54, 1.807) is 13.2 Å². The zero-order valence-corrected chi connectivity index (χ0v) is 12.6. The number of esters is 1. The number of H-pyrrole nitrogens is 1. The molecule has 4 rings (SSSR count). The third-order valence-corrected chi connectivity index (χ3v) is 5.44. The van der Waals surface area contributed by atoms with Gasteiger partial charge in [-0.15, -0.1) is 0 Å². The van der Waals surface area contributed by atoms with Crippen LogP contribution in [-0.4, -0.2) is 40.8 Å². The number of hydrogen-bond donors (Lipinski definition) is 1. The Morgan fingerprint density at radius 1 is 1.27 bits per heavy atom. The highest BCUT2D eigenvalue weighted by atomic mass is 16.6. The molecular formula is C17H20N2O3. The number of para-hydroxylation sites is 1. The molecule has 0 amide bonds. The summed E-state index contributed by atoms with van der Waals surface area (Å²) in [6.07, 6.45) is 4.85. The van der Waals surface area contributed by atoms with Gasteiger partial charge in [0.15, 0.2) is 0 Å². The van der Waals surface area contributed by atoms with Crippen molar-refractivity contribution in [3.8, 4) is 0 Å². The van der Waals surface area contributed by atoms with Gasteiger partial charge in [0, 0.05) is 42.8 Å². The van der Waals surface area contributed by atoms with Crippen LogP contribution in [0.15, 0.2) is 30.5 Å². The maximum atomic E-state index is 12.5. The maximum absolute atomic E-state index is 12.5. The molecule has 0 spiro atoms. The van der Waals surface area contributed by atoms with Crippen LogP contribution >= 0.6 is 0 Å². The monoisotopic (exact) mass is 300 g/mol. The highest BCUT2D eigenvalue weighted by Crippen LogP contribution is 2.41. The SMILES string of the molecule is C[N+]1([O-])[C@@H]2CC[C@H]1CC(OC(=O)c1c[nH]c3ccccc13)C2. The van der Waals surface area contributed by atoms with Gasteiger partial charge >= 0.3 is 5.97 Å². The van der Waals surface area contributed by atoms with E-state index in [0.717, 1.165) is 23.7 Å². The molecule has 2 saturated heterocycles. The van der Waals surface area contributed by atoms with Crippen molar-refractivity contribution in [1.82, 2.24) is 4.98 Å². The summed E-state index contributed by atoms with van der Waals surface area (Å²) in [4.78, 5) is 15.6. The summed E-state index contributed by atoms with van der Waals surface area (Å²) in [5.41, 5.74) is 1.51. The smallest absolute Gasteiger partial charge is 0.340 e. The van der Waals surface area contributed by atoms with E-state index in [9.17, 15) is 10.0 Å². The van der Waals surface area contributed by atoms with E-state index >= 15 is 0 Å². The van der Waals surface area contributed by atoms with E-state index in [1.165, 1.54) is 0 Å². The lowest BCUT2D eigenvalue weighted by atomic mass is 9.99. The predicted molar refractivity (Wildman–Crippen MR) is 83.1 cm³/mol. The van der Waals surface area contributed by atoms with Crippen molar-refractivity contribution in [3.63, 3.8) is 0 Å². The Morgan fingerprint density at radius 3 is 2.68 bits per heavy atom. The normalized spacial score (nSPS) is 34.0. The molecule has 0 radical (unpaired) electrons. The van der Waals surface area contributed by atoms with Crippen molar-refractivity contribution >= 4 is 16.9 Å². The summed E-state index contributed by atoms with van der Waals surface area (Å²) < 4.78 is 5.56. The first-order chi connectivity index (χ1) is 10.6. The molecule has 5 heteroatoms. The van der Waals surface area contributed by atoms with Gasteiger partial charge < -0.3 is 19.6 Å². The lowest BCUT2D eigenvalue weighted by molar-refractivity contribution is -0.903. The van der Waals surface area contributed by atoms with Crippen LogP contribution in [-0.2, 0) is 4.74 Å². The average molecular weight is 300 g/mol. The number of rotatable bonds is 2. The van der Waals surface area contributed by atoms with Gasteiger partial charge in [0.25, 0.3) is 0 Å². The minimum Gasteiger partial charge on any atom is -0.633 e. The van der Waals surface area contributed by atoms with Gasteiger partial charge in [-0.3, -0.25) is 0 Å². The molecule has 2 fully saturated rings. The molecule has 2 aliphatic heterocycles. The van der Waals surface area contributed by atoms with Crippen molar-refractivity contribution in [2.75, 3.05) is 7.05 Å². The number of nitrogens with zero attached hydrogens (tertiary/aromatic N) is 1. The predicted octanol–water partition coefficient (Wildman–Crippen LogP) is 2.96. The van der Waals surface area contributed by atoms with E-state index in [1.807, 2.05) is 24.3 Å². The molecule has 116 valence electrons. The molecular weight excluding hydrogens is 280 g/mol. The molecule has 2 aliphatic rings. The molecule has 1 aromatic carbocycles. The van der Waals surface area contributed by atoms with Gasteiger partial charge in [-0.1, -0.05) is 18.2 Å². The minimum atomic E-state index is -0.288. The second-order valence-electron chi connectivity index (χ2n) is 6.69. The molecule has 0 saturated carbocycles. The summed E-state index contributed by atoms with van der Waals surface area (Å²) in [5, 5.41) is 13.4. The number of benzene rings is 1. The van der Waals surface area contributed by atoms with Gasteiger partial charge in [-0.05, 0) is 6.07 Å². The molecule has 0 aliphatic carbocycles. The Bertz CT molecular complexity index is 706. The number of hydroxylamine groups is 3. The molecule has 2 aromatic rings. The average Bonchev–Trinajstić information content (AvgIpc) is 2.94. The van der Waals surface area contributed by atoms with E-state index in [4.69, 9.17) is 4.74 Å². The minimum absolute atomic E-state index is 0.0829. The Hall–Kier alpha value is -1.85. The fraction of sp³-hybridized carbons (Fsp3) is 0.471. The van der Waals surface area contributed by atoms with Crippen molar-refractivity contribution in [2.45, 2.75) is 43.9 Å². The molecule has 2 bridgehead atoms. The van der Waals surface area contributed by atoms with Gasteiger partial charge in [-0.25, -0.2) is 4.79 Å². The third kappa shape index (κ3) is 2.04. The van der Waals surface area contributed by atoms with Gasteiger partial charge in [0.1, 0.15) is 6.10 Å². The van der Waals surface area contributed by atoms with Crippen LogP contribution < -0.4 is 0 Å². The maximum Gasteiger partial charge on any atom is 0.340 e. The number of carbonyl (C=O) groups excluding carboxylic acids is 1. The van der Waals surface area contributed by atoms with E-state index in [2.05, 4.69) is 4.98 Å². The fourth-order valence-corrected chi connectivity index (χ4v) is 4.10. The van der Waals surface area contributed by atoms with Crippen LogP contribution in [0.5, 0.6) is 0 Å². The molecule has 1 N–H and O–H groups in total. The lowest BCUT2D eigenvalue weighted by Crippen LogP contribution is -2.54. The Kier molecular flexibility index (Phi) is 3.03.